The van der Waals surface area contributed by atoms with Crippen LogP contribution in [-0.4, -0.2) is 22.7 Å². The molecule has 0 aliphatic rings. The van der Waals surface area contributed by atoms with Gasteiger partial charge in [-0.25, -0.2) is 4.79 Å². The highest BCUT2D eigenvalue weighted by molar-refractivity contribution is 5.84. The topological polar surface area (TPSA) is 96.7 Å². The van der Waals surface area contributed by atoms with Crippen LogP contribution in [0.5, 0.6) is 0 Å². The lowest BCUT2D eigenvalue weighted by molar-refractivity contribution is 0.0652. The van der Waals surface area contributed by atoms with Crippen LogP contribution in [0.1, 0.15) is 28.0 Å². The Hall–Kier alpha value is -1.33. The van der Waals surface area contributed by atoms with Gasteiger partial charge < -0.3 is 20.4 Å². The first-order valence-corrected chi connectivity index (χ1v) is 3.78. The Morgan fingerprint density at radius 3 is 2.77 bits per heavy atom. The Kier molecular flexibility index (Phi) is 2.69. The fraction of sp³-hybridized carbons (Fsp3) is 0.375. The first-order valence-electron chi connectivity index (χ1n) is 3.78. The van der Waals surface area contributed by atoms with E-state index in [0.29, 0.717) is 5.56 Å². The van der Waals surface area contributed by atoms with Crippen LogP contribution in [0.2, 0.25) is 0 Å². The van der Waals surface area contributed by atoms with Gasteiger partial charge in [-0.15, -0.1) is 0 Å². The smallest absolute Gasteiger partial charge is 0.371 e. The molecule has 0 saturated heterocycles. The quantitative estimate of drug-likeness (QED) is 0.628. The van der Waals surface area contributed by atoms with Gasteiger partial charge in [0.25, 0.3) is 0 Å². The fourth-order valence-electron chi connectivity index (χ4n) is 1.04. The van der Waals surface area contributed by atoms with E-state index in [-0.39, 0.29) is 18.1 Å². The van der Waals surface area contributed by atoms with Crippen molar-refractivity contribution in [2.24, 2.45) is 5.73 Å². The van der Waals surface area contributed by atoms with E-state index < -0.39 is 12.1 Å². The summed E-state index contributed by atoms with van der Waals surface area (Å²) in [6.45, 7) is 1.66. The largest absolute Gasteiger partial charge is 0.475 e. The number of aliphatic hydroxyl groups is 1. The van der Waals surface area contributed by atoms with Crippen LogP contribution in [-0.2, 0) is 0 Å². The second-order valence-corrected chi connectivity index (χ2v) is 2.71. The van der Waals surface area contributed by atoms with Crippen LogP contribution in [0.3, 0.4) is 0 Å². The van der Waals surface area contributed by atoms with Crippen molar-refractivity contribution in [1.82, 2.24) is 0 Å². The summed E-state index contributed by atoms with van der Waals surface area (Å²) in [5.74, 6) is -1.11. The fourth-order valence-corrected chi connectivity index (χ4v) is 1.04. The normalized spacial score (nSPS) is 12.8. The third kappa shape index (κ3) is 1.88. The second-order valence-electron chi connectivity index (χ2n) is 2.71. The molecule has 1 aromatic heterocycles. The molecule has 1 rings (SSSR count). The molecular formula is C8H11NO4. The van der Waals surface area contributed by atoms with E-state index in [1.807, 2.05) is 0 Å². The molecule has 0 aliphatic heterocycles. The van der Waals surface area contributed by atoms with Gasteiger partial charge in [-0.2, -0.15) is 0 Å². The van der Waals surface area contributed by atoms with Gasteiger partial charge >= 0.3 is 5.97 Å². The third-order valence-corrected chi connectivity index (χ3v) is 1.69. The van der Waals surface area contributed by atoms with E-state index in [0.717, 1.165) is 0 Å². The molecule has 0 bridgehead atoms. The van der Waals surface area contributed by atoms with Crippen molar-refractivity contribution in [2.75, 3.05) is 6.54 Å². The number of hydrogen-bond acceptors (Lipinski definition) is 4. The number of rotatable bonds is 3. The van der Waals surface area contributed by atoms with Gasteiger partial charge in [0.15, 0.2) is 0 Å². The number of aryl methyl sites for hydroxylation is 1. The molecule has 1 heterocycles. The summed E-state index contributed by atoms with van der Waals surface area (Å²) in [5.41, 5.74) is 5.79. The highest BCUT2D eigenvalue weighted by Crippen LogP contribution is 2.20. The minimum Gasteiger partial charge on any atom is -0.475 e. The second kappa shape index (κ2) is 3.59. The zero-order chi connectivity index (χ0) is 10.0. The highest BCUT2D eigenvalue weighted by Gasteiger charge is 2.17. The molecule has 0 aliphatic carbocycles. The van der Waals surface area contributed by atoms with Crippen molar-refractivity contribution in [2.45, 2.75) is 13.0 Å². The number of carboxylic acids is 1. The van der Waals surface area contributed by atoms with E-state index in [4.69, 9.17) is 15.3 Å². The molecule has 4 N–H and O–H groups in total. The molecule has 72 valence electrons. The minimum atomic E-state index is -1.15. The highest BCUT2D eigenvalue weighted by atomic mass is 16.4. The molecule has 0 aromatic carbocycles. The summed E-state index contributed by atoms with van der Waals surface area (Å²) in [7, 11) is 0. The summed E-state index contributed by atoms with van der Waals surface area (Å²) in [5, 5.41) is 17.9. The Morgan fingerprint density at radius 2 is 2.38 bits per heavy atom. The summed E-state index contributed by atoms with van der Waals surface area (Å²) in [6, 6.07) is 1.36. The first-order chi connectivity index (χ1) is 6.06. The van der Waals surface area contributed by atoms with Crippen LogP contribution in [0.15, 0.2) is 10.5 Å². The first kappa shape index (κ1) is 9.76. The molecule has 1 atom stereocenters. The van der Waals surface area contributed by atoms with Crippen LogP contribution >= 0.6 is 0 Å². The van der Waals surface area contributed by atoms with E-state index >= 15 is 0 Å². The predicted molar refractivity (Wildman–Crippen MR) is 44.4 cm³/mol. The molecule has 1 unspecified atom stereocenters. The standard InChI is InChI=1S/C8H11NO4/c1-4-2-6(8(11)12)13-7(4)5(10)3-9/h2,5,10H,3,9H2,1H3,(H,11,12). The lowest BCUT2D eigenvalue weighted by Gasteiger charge is -2.03. The zero-order valence-corrected chi connectivity index (χ0v) is 7.15. The summed E-state index contributed by atoms with van der Waals surface area (Å²) < 4.78 is 4.90. The number of carbonyl (C=O) groups is 1. The van der Waals surface area contributed by atoms with Gasteiger partial charge in [-0.1, -0.05) is 0 Å². The summed E-state index contributed by atoms with van der Waals surface area (Å²) in [4.78, 5) is 10.5. The molecule has 0 fully saturated rings. The Labute approximate surface area is 74.8 Å². The number of carboxylic acid groups (broad SMARTS) is 1. The average Bonchev–Trinajstić information content (AvgIpc) is 2.46. The van der Waals surface area contributed by atoms with Crippen LogP contribution in [0.25, 0.3) is 0 Å². The zero-order valence-electron chi connectivity index (χ0n) is 7.15. The molecule has 5 heteroatoms. The van der Waals surface area contributed by atoms with Gasteiger partial charge in [-0.3, -0.25) is 0 Å². The van der Waals surface area contributed by atoms with Gasteiger partial charge in [-0.05, 0) is 18.6 Å². The number of nitrogens with two attached hydrogens (primary N) is 1. The van der Waals surface area contributed by atoms with Crippen molar-refractivity contribution >= 4 is 5.97 Å². The van der Waals surface area contributed by atoms with E-state index in [1.165, 1.54) is 6.07 Å². The predicted octanol–water partition coefficient (Wildman–Crippen LogP) is 0.278. The summed E-state index contributed by atoms with van der Waals surface area (Å²) >= 11 is 0. The van der Waals surface area contributed by atoms with Crippen molar-refractivity contribution < 1.29 is 19.4 Å². The maximum Gasteiger partial charge on any atom is 0.371 e. The van der Waals surface area contributed by atoms with Crippen molar-refractivity contribution in [3.05, 3.63) is 23.2 Å². The van der Waals surface area contributed by atoms with Crippen LogP contribution in [0.4, 0.5) is 0 Å². The number of hydrogen-bond donors (Lipinski definition) is 3. The minimum absolute atomic E-state index is 0.00735. The molecule has 0 amide bonds. The van der Waals surface area contributed by atoms with Gasteiger partial charge in [0.05, 0.1) is 0 Å². The maximum absolute atomic E-state index is 10.5. The lowest BCUT2D eigenvalue weighted by Crippen LogP contribution is -2.11. The molecular weight excluding hydrogens is 174 g/mol. The molecule has 1 aromatic rings. The van der Waals surface area contributed by atoms with E-state index in [9.17, 15) is 9.90 Å². The number of furan rings is 1. The lowest BCUT2D eigenvalue weighted by atomic mass is 10.2. The van der Waals surface area contributed by atoms with Crippen LogP contribution in [0, 0.1) is 6.92 Å². The molecule has 0 radical (unpaired) electrons. The van der Waals surface area contributed by atoms with E-state index in [1.54, 1.807) is 6.92 Å². The van der Waals surface area contributed by atoms with Crippen LogP contribution < -0.4 is 5.73 Å². The van der Waals surface area contributed by atoms with Crippen molar-refractivity contribution in [3.63, 3.8) is 0 Å². The van der Waals surface area contributed by atoms with Gasteiger partial charge in [0.2, 0.25) is 5.76 Å². The molecule has 0 saturated carbocycles. The Balaban J connectivity index is 3.02. The average molecular weight is 185 g/mol. The van der Waals surface area contributed by atoms with Crippen molar-refractivity contribution in [1.29, 1.82) is 0 Å². The number of aromatic carboxylic acids is 1. The number of aliphatic hydroxyl groups excluding tert-OH is 1. The third-order valence-electron chi connectivity index (χ3n) is 1.69. The maximum atomic E-state index is 10.5. The Morgan fingerprint density at radius 1 is 1.77 bits per heavy atom. The van der Waals surface area contributed by atoms with E-state index in [2.05, 4.69) is 0 Å². The molecule has 0 spiro atoms. The van der Waals surface area contributed by atoms with Crippen molar-refractivity contribution in [3.8, 4) is 0 Å². The van der Waals surface area contributed by atoms with Gasteiger partial charge in [0.1, 0.15) is 11.9 Å². The van der Waals surface area contributed by atoms with Gasteiger partial charge in [0, 0.05) is 6.54 Å². The Bertz CT molecular complexity index is 318. The SMILES string of the molecule is Cc1cc(C(=O)O)oc1C(O)CN. The summed E-state index contributed by atoms with van der Waals surface area (Å²) in [6.07, 6.45) is -0.937. The molecule has 13 heavy (non-hydrogen) atoms. The monoisotopic (exact) mass is 185 g/mol. The molecule has 5 nitrogen and oxygen atoms in total.